The molecule has 1 saturated heterocycles. The van der Waals surface area contributed by atoms with Gasteiger partial charge in [0.2, 0.25) is 0 Å². The van der Waals surface area contributed by atoms with Gasteiger partial charge in [0.25, 0.3) is 0 Å². The molecule has 0 amide bonds. The third-order valence-corrected chi connectivity index (χ3v) is 3.98. The van der Waals surface area contributed by atoms with Crippen LogP contribution in [0.4, 0.5) is 10.1 Å². The van der Waals surface area contributed by atoms with E-state index >= 15 is 0 Å². The van der Waals surface area contributed by atoms with Crippen LogP contribution in [-0.4, -0.2) is 25.7 Å². The van der Waals surface area contributed by atoms with Crippen LogP contribution in [0.3, 0.4) is 0 Å². The van der Waals surface area contributed by atoms with Crippen molar-refractivity contribution in [3.05, 3.63) is 28.5 Å². The molecule has 1 fully saturated rings. The monoisotopic (exact) mass is 314 g/mol. The molecule has 0 bridgehead atoms. The summed E-state index contributed by atoms with van der Waals surface area (Å²) in [6, 6.07) is 5.73. The Morgan fingerprint density at radius 3 is 2.89 bits per heavy atom. The zero-order valence-corrected chi connectivity index (χ0v) is 12.5. The van der Waals surface area contributed by atoms with Crippen molar-refractivity contribution in [1.29, 1.82) is 0 Å². The van der Waals surface area contributed by atoms with Gasteiger partial charge in [0, 0.05) is 23.6 Å². The minimum atomic E-state index is -0.145. The Kier molecular flexibility index (Phi) is 4.62. The molecule has 0 saturated carbocycles. The lowest BCUT2D eigenvalue weighted by molar-refractivity contribution is 0.419. The maximum absolute atomic E-state index is 14.0. The molecule has 1 atom stereocenters. The molecule has 4 heteroatoms. The number of nitrogens with zero attached hydrogens (tertiary/aromatic N) is 1. The van der Waals surface area contributed by atoms with Gasteiger partial charge in [-0.25, -0.2) is 4.39 Å². The first-order chi connectivity index (χ1) is 8.58. The highest BCUT2D eigenvalue weighted by atomic mass is 79.9. The van der Waals surface area contributed by atoms with Crippen LogP contribution >= 0.6 is 15.9 Å². The van der Waals surface area contributed by atoms with Gasteiger partial charge in [0.05, 0.1) is 5.69 Å². The first-order valence-electron chi connectivity index (χ1n) is 6.51. The number of benzene rings is 1. The summed E-state index contributed by atoms with van der Waals surface area (Å²) >= 11 is 3.30. The predicted molar refractivity (Wildman–Crippen MR) is 77.6 cm³/mol. The first-order valence-corrected chi connectivity index (χ1v) is 7.30. The van der Waals surface area contributed by atoms with Gasteiger partial charge in [0.1, 0.15) is 5.82 Å². The van der Waals surface area contributed by atoms with E-state index in [1.54, 1.807) is 0 Å². The smallest absolute Gasteiger partial charge is 0.147 e. The van der Waals surface area contributed by atoms with E-state index in [1.807, 2.05) is 12.1 Å². The first kappa shape index (κ1) is 13.8. The topological polar surface area (TPSA) is 15.3 Å². The standard InChI is InChI=1S/C14H20BrFN2/c1-10(2)13-9-18(7-3-6-17-13)14-5-4-11(15)8-12(14)16/h4-5,8,10,13,17H,3,6-7,9H2,1-2H3. The molecular weight excluding hydrogens is 295 g/mol. The highest BCUT2D eigenvalue weighted by Crippen LogP contribution is 2.25. The van der Waals surface area contributed by atoms with E-state index in [0.29, 0.717) is 17.6 Å². The Hall–Kier alpha value is -0.610. The predicted octanol–water partition coefficient (Wildman–Crippen LogP) is 3.41. The lowest BCUT2D eigenvalue weighted by Crippen LogP contribution is -2.41. The van der Waals surface area contributed by atoms with E-state index < -0.39 is 0 Å². The maximum Gasteiger partial charge on any atom is 0.147 e. The van der Waals surface area contributed by atoms with Crippen molar-refractivity contribution in [2.24, 2.45) is 5.92 Å². The Balaban J connectivity index is 2.20. The molecule has 1 N–H and O–H groups in total. The Bertz CT molecular complexity index is 409. The fraction of sp³-hybridized carbons (Fsp3) is 0.571. The van der Waals surface area contributed by atoms with Crippen LogP contribution in [0.1, 0.15) is 20.3 Å². The van der Waals surface area contributed by atoms with Crippen molar-refractivity contribution >= 4 is 21.6 Å². The normalized spacial score (nSPS) is 21.2. The van der Waals surface area contributed by atoms with Gasteiger partial charge in [-0.15, -0.1) is 0 Å². The van der Waals surface area contributed by atoms with Gasteiger partial charge in [0.15, 0.2) is 0 Å². The highest BCUT2D eigenvalue weighted by Gasteiger charge is 2.22. The maximum atomic E-state index is 14.0. The minimum absolute atomic E-state index is 0.145. The lowest BCUT2D eigenvalue weighted by atomic mass is 10.0. The molecule has 2 rings (SSSR count). The van der Waals surface area contributed by atoms with Crippen LogP contribution < -0.4 is 10.2 Å². The molecule has 1 aliphatic rings. The molecule has 0 aromatic heterocycles. The molecule has 0 aliphatic carbocycles. The summed E-state index contributed by atoms with van der Waals surface area (Å²) in [7, 11) is 0. The summed E-state index contributed by atoms with van der Waals surface area (Å²) in [4.78, 5) is 2.16. The zero-order chi connectivity index (χ0) is 13.1. The average Bonchev–Trinajstić information content (AvgIpc) is 2.54. The van der Waals surface area contributed by atoms with Gasteiger partial charge in [-0.2, -0.15) is 0 Å². The molecule has 0 radical (unpaired) electrons. The van der Waals surface area contributed by atoms with Crippen molar-refractivity contribution < 1.29 is 4.39 Å². The summed E-state index contributed by atoms with van der Waals surface area (Å²) in [6.45, 7) is 7.21. The van der Waals surface area contributed by atoms with E-state index in [0.717, 1.165) is 30.5 Å². The van der Waals surface area contributed by atoms with E-state index in [-0.39, 0.29) is 5.82 Å². The SMILES string of the molecule is CC(C)C1CN(c2ccc(Br)cc2F)CCCN1. The van der Waals surface area contributed by atoms with Crippen molar-refractivity contribution in [3.63, 3.8) is 0 Å². The number of anilines is 1. The molecule has 100 valence electrons. The number of hydrogen-bond acceptors (Lipinski definition) is 2. The van der Waals surface area contributed by atoms with Gasteiger partial charge in [-0.05, 0) is 37.1 Å². The van der Waals surface area contributed by atoms with E-state index in [2.05, 4.69) is 40.0 Å². The fourth-order valence-corrected chi connectivity index (χ4v) is 2.69. The van der Waals surface area contributed by atoms with Crippen molar-refractivity contribution in [3.8, 4) is 0 Å². The summed E-state index contributed by atoms with van der Waals surface area (Å²) in [5.41, 5.74) is 0.715. The Labute approximate surface area is 117 Å². The summed E-state index contributed by atoms with van der Waals surface area (Å²) < 4.78 is 14.8. The number of rotatable bonds is 2. The van der Waals surface area contributed by atoms with Crippen LogP contribution in [0.15, 0.2) is 22.7 Å². The van der Waals surface area contributed by atoms with Crippen LogP contribution in [0.25, 0.3) is 0 Å². The molecule has 0 spiro atoms. The number of hydrogen-bond donors (Lipinski definition) is 1. The zero-order valence-electron chi connectivity index (χ0n) is 10.9. The molecule has 1 aromatic rings. The molecular formula is C14H20BrFN2. The van der Waals surface area contributed by atoms with Crippen LogP contribution in [-0.2, 0) is 0 Å². The second-order valence-electron chi connectivity index (χ2n) is 5.20. The number of nitrogens with one attached hydrogen (secondary N) is 1. The summed E-state index contributed by atoms with van der Waals surface area (Å²) in [6.07, 6.45) is 1.05. The third kappa shape index (κ3) is 3.23. The van der Waals surface area contributed by atoms with Crippen molar-refractivity contribution in [2.75, 3.05) is 24.5 Å². The van der Waals surface area contributed by atoms with E-state index in [9.17, 15) is 4.39 Å². The van der Waals surface area contributed by atoms with Gasteiger partial charge in [-0.1, -0.05) is 29.8 Å². The molecule has 1 aliphatic heterocycles. The molecule has 2 nitrogen and oxygen atoms in total. The lowest BCUT2D eigenvalue weighted by Gasteiger charge is -2.28. The van der Waals surface area contributed by atoms with Crippen LogP contribution in [0.5, 0.6) is 0 Å². The van der Waals surface area contributed by atoms with E-state index in [4.69, 9.17) is 0 Å². The molecule has 1 aromatic carbocycles. The molecule has 18 heavy (non-hydrogen) atoms. The second kappa shape index (κ2) is 6.02. The Morgan fingerprint density at radius 1 is 1.44 bits per heavy atom. The van der Waals surface area contributed by atoms with Gasteiger partial charge >= 0.3 is 0 Å². The summed E-state index contributed by atoms with van der Waals surface area (Å²) in [5, 5.41) is 3.54. The van der Waals surface area contributed by atoms with Crippen molar-refractivity contribution in [2.45, 2.75) is 26.3 Å². The van der Waals surface area contributed by atoms with Crippen LogP contribution in [0, 0.1) is 11.7 Å². The summed E-state index contributed by atoms with van der Waals surface area (Å²) in [5.74, 6) is 0.415. The Morgan fingerprint density at radius 2 is 2.22 bits per heavy atom. The van der Waals surface area contributed by atoms with Gasteiger partial charge in [-0.3, -0.25) is 0 Å². The second-order valence-corrected chi connectivity index (χ2v) is 6.12. The van der Waals surface area contributed by atoms with E-state index in [1.165, 1.54) is 6.07 Å². The number of halogens is 2. The minimum Gasteiger partial charge on any atom is -0.368 e. The molecule has 1 unspecified atom stereocenters. The van der Waals surface area contributed by atoms with Crippen molar-refractivity contribution in [1.82, 2.24) is 5.32 Å². The molecule has 1 heterocycles. The quantitative estimate of drug-likeness (QED) is 0.900. The largest absolute Gasteiger partial charge is 0.368 e. The third-order valence-electron chi connectivity index (χ3n) is 3.48. The van der Waals surface area contributed by atoms with Crippen LogP contribution in [0.2, 0.25) is 0 Å². The fourth-order valence-electron chi connectivity index (χ4n) is 2.35. The van der Waals surface area contributed by atoms with Gasteiger partial charge < -0.3 is 10.2 Å². The highest BCUT2D eigenvalue weighted by molar-refractivity contribution is 9.10. The average molecular weight is 315 g/mol.